The topological polar surface area (TPSA) is 50.5 Å². The van der Waals surface area contributed by atoms with Gasteiger partial charge in [-0.1, -0.05) is 0 Å². The molecular formula is C17H29N3O. The van der Waals surface area contributed by atoms with E-state index in [-0.39, 0.29) is 0 Å². The third kappa shape index (κ3) is 4.61. The highest BCUT2D eigenvalue weighted by Gasteiger charge is 2.20. The molecule has 0 unspecified atom stereocenters. The zero-order valence-electron chi connectivity index (χ0n) is 13.6. The SMILES string of the molecule is COc1ccc(N)c(CCNC2CCN(C(C)C)CC2)c1. The number of likely N-dealkylation sites (tertiary alicyclic amines) is 1. The molecule has 0 saturated carbocycles. The van der Waals surface area contributed by atoms with Crippen LogP contribution >= 0.6 is 0 Å². The van der Waals surface area contributed by atoms with Crippen molar-refractivity contribution < 1.29 is 4.74 Å². The molecule has 3 N–H and O–H groups in total. The van der Waals surface area contributed by atoms with E-state index in [0.717, 1.165) is 24.4 Å². The average Bonchev–Trinajstić information content (AvgIpc) is 2.49. The lowest BCUT2D eigenvalue weighted by molar-refractivity contribution is 0.161. The van der Waals surface area contributed by atoms with Gasteiger partial charge in [-0.3, -0.25) is 0 Å². The first kappa shape index (κ1) is 16.1. The summed E-state index contributed by atoms with van der Waals surface area (Å²) in [6, 6.07) is 7.19. The van der Waals surface area contributed by atoms with Crippen LogP contribution in [0.5, 0.6) is 5.75 Å². The van der Waals surface area contributed by atoms with Gasteiger partial charge in [0.2, 0.25) is 0 Å². The van der Waals surface area contributed by atoms with Crippen molar-refractivity contribution in [2.24, 2.45) is 0 Å². The van der Waals surface area contributed by atoms with Crippen LogP contribution in [0, 0.1) is 0 Å². The first-order valence-corrected chi connectivity index (χ1v) is 8.00. The van der Waals surface area contributed by atoms with Crippen molar-refractivity contribution in [1.29, 1.82) is 0 Å². The highest BCUT2D eigenvalue weighted by Crippen LogP contribution is 2.20. The van der Waals surface area contributed by atoms with Gasteiger partial charge in [0.25, 0.3) is 0 Å². The fourth-order valence-electron chi connectivity index (χ4n) is 2.96. The molecule has 2 rings (SSSR count). The van der Waals surface area contributed by atoms with Crippen LogP contribution in [0.1, 0.15) is 32.3 Å². The third-order valence-electron chi connectivity index (χ3n) is 4.44. The quantitative estimate of drug-likeness (QED) is 0.790. The van der Waals surface area contributed by atoms with Gasteiger partial charge in [-0.15, -0.1) is 0 Å². The molecule has 1 heterocycles. The zero-order valence-corrected chi connectivity index (χ0v) is 13.6. The van der Waals surface area contributed by atoms with E-state index in [0.29, 0.717) is 12.1 Å². The minimum absolute atomic E-state index is 0.645. The standard InChI is InChI=1S/C17H29N3O/c1-13(2)20-10-7-15(8-11-20)19-9-6-14-12-16(21-3)4-5-17(14)18/h4-5,12-13,15,19H,6-11,18H2,1-3H3. The van der Waals surface area contributed by atoms with Crippen molar-refractivity contribution in [3.05, 3.63) is 23.8 Å². The Balaban J connectivity index is 1.75. The number of nitrogens with one attached hydrogen (secondary N) is 1. The van der Waals surface area contributed by atoms with Crippen LogP contribution in [0.25, 0.3) is 0 Å². The molecular weight excluding hydrogens is 262 g/mol. The van der Waals surface area contributed by atoms with E-state index < -0.39 is 0 Å². The maximum Gasteiger partial charge on any atom is 0.119 e. The van der Waals surface area contributed by atoms with E-state index in [2.05, 4.69) is 24.1 Å². The number of nitrogen functional groups attached to an aromatic ring is 1. The molecule has 118 valence electrons. The molecule has 4 heteroatoms. The number of anilines is 1. The predicted octanol–water partition coefficient (Wildman–Crippen LogP) is 2.28. The summed E-state index contributed by atoms with van der Waals surface area (Å²) >= 11 is 0. The van der Waals surface area contributed by atoms with Gasteiger partial charge in [0.15, 0.2) is 0 Å². The number of hydrogen-bond acceptors (Lipinski definition) is 4. The molecule has 0 aromatic heterocycles. The number of piperidine rings is 1. The van der Waals surface area contributed by atoms with E-state index in [1.54, 1.807) is 7.11 Å². The Morgan fingerprint density at radius 1 is 1.33 bits per heavy atom. The van der Waals surface area contributed by atoms with E-state index in [9.17, 15) is 0 Å². The highest BCUT2D eigenvalue weighted by molar-refractivity contribution is 5.50. The minimum atomic E-state index is 0.645. The van der Waals surface area contributed by atoms with Crippen LogP contribution in [0.3, 0.4) is 0 Å². The van der Waals surface area contributed by atoms with Gasteiger partial charge >= 0.3 is 0 Å². The highest BCUT2D eigenvalue weighted by atomic mass is 16.5. The van der Waals surface area contributed by atoms with Crippen molar-refractivity contribution in [1.82, 2.24) is 10.2 Å². The van der Waals surface area contributed by atoms with Gasteiger partial charge in [0, 0.05) is 17.8 Å². The lowest BCUT2D eigenvalue weighted by atomic mass is 10.0. The molecule has 4 nitrogen and oxygen atoms in total. The third-order valence-corrected chi connectivity index (χ3v) is 4.44. The molecule has 1 aromatic rings. The zero-order chi connectivity index (χ0) is 15.2. The number of hydrogen-bond donors (Lipinski definition) is 2. The van der Waals surface area contributed by atoms with Gasteiger partial charge in [-0.25, -0.2) is 0 Å². The van der Waals surface area contributed by atoms with E-state index in [1.807, 2.05) is 18.2 Å². The molecule has 0 amide bonds. The first-order chi connectivity index (χ1) is 10.1. The molecule has 0 atom stereocenters. The van der Waals surface area contributed by atoms with Gasteiger partial charge in [0.05, 0.1) is 7.11 Å². The second-order valence-electron chi connectivity index (χ2n) is 6.17. The molecule has 1 aliphatic rings. The Bertz CT molecular complexity index is 440. The van der Waals surface area contributed by atoms with Gasteiger partial charge in [-0.05, 0) is 76.5 Å². The second kappa shape index (κ2) is 7.66. The fourth-order valence-corrected chi connectivity index (χ4v) is 2.96. The summed E-state index contributed by atoms with van der Waals surface area (Å²) in [5.41, 5.74) is 8.05. The van der Waals surface area contributed by atoms with Crippen molar-refractivity contribution in [3.63, 3.8) is 0 Å². The molecule has 1 aliphatic heterocycles. The van der Waals surface area contributed by atoms with Crippen molar-refractivity contribution in [2.45, 2.75) is 45.2 Å². The number of ether oxygens (including phenoxy) is 1. The molecule has 0 aliphatic carbocycles. The fraction of sp³-hybridized carbons (Fsp3) is 0.647. The summed E-state index contributed by atoms with van der Waals surface area (Å²) < 4.78 is 5.26. The van der Waals surface area contributed by atoms with Crippen molar-refractivity contribution in [3.8, 4) is 5.75 Å². The number of nitrogens with two attached hydrogens (primary N) is 1. The van der Waals surface area contributed by atoms with Crippen molar-refractivity contribution >= 4 is 5.69 Å². The Hall–Kier alpha value is -1.26. The Labute approximate surface area is 128 Å². The predicted molar refractivity (Wildman–Crippen MR) is 88.8 cm³/mol. The first-order valence-electron chi connectivity index (χ1n) is 8.00. The maximum absolute atomic E-state index is 6.02. The molecule has 1 aromatic carbocycles. The second-order valence-corrected chi connectivity index (χ2v) is 6.17. The molecule has 1 fully saturated rings. The van der Waals surface area contributed by atoms with Gasteiger partial charge < -0.3 is 20.7 Å². The van der Waals surface area contributed by atoms with E-state index >= 15 is 0 Å². The van der Waals surface area contributed by atoms with Crippen LogP contribution in [0.2, 0.25) is 0 Å². The number of benzene rings is 1. The summed E-state index contributed by atoms with van der Waals surface area (Å²) in [4.78, 5) is 2.55. The summed E-state index contributed by atoms with van der Waals surface area (Å²) in [7, 11) is 1.69. The maximum atomic E-state index is 6.02. The van der Waals surface area contributed by atoms with Gasteiger partial charge in [0.1, 0.15) is 5.75 Å². The lowest BCUT2D eigenvalue weighted by Gasteiger charge is -2.35. The number of nitrogens with zero attached hydrogens (tertiary/aromatic N) is 1. The van der Waals surface area contributed by atoms with Crippen LogP contribution < -0.4 is 15.8 Å². The van der Waals surface area contributed by atoms with Crippen molar-refractivity contribution in [2.75, 3.05) is 32.5 Å². The molecule has 21 heavy (non-hydrogen) atoms. The lowest BCUT2D eigenvalue weighted by Crippen LogP contribution is -2.45. The normalized spacial score (nSPS) is 17.3. The molecule has 0 radical (unpaired) electrons. The molecule has 0 spiro atoms. The Kier molecular flexibility index (Phi) is 5.88. The van der Waals surface area contributed by atoms with Crippen LogP contribution in [0.4, 0.5) is 5.69 Å². The summed E-state index contributed by atoms with van der Waals surface area (Å²) in [5, 5.41) is 3.67. The minimum Gasteiger partial charge on any atom is -0.497 e. The summed E-state index contributed by atoms with van der Waals surface area (Å²) in [6.45, 7) is 7.94. The van der Waals surface area contributed by atoms with E-state index in [1.165, 1.54) is 31.5 Å². The average molecular weight is 291 g/mol. The molecule has 1 saturated heterocycles. The summed E-state index contributed by atoms with van der Waals surface area (Å²) in [6.07, 6.45) is 3.44. The molecule has 0 bridgehead atoms. The summed E-state index contributed by atoms with van der Waals surface area (Å²) in [5.74, 6) is 0.879. The largest absolute Gasteiger partial charge is 0.497 e. The van der Waals surface area contributed by atoms with Crippen LogP contribution in [0.15, 0.2) is 18.2 Å². The number of methoxy groups -OCH3 is 1. The van der Waals surface area contributed by atoms with Crippen LogP contribution in [-0.4, -0.2) is 43.7 Å². The van der Waals surface area contributed by atoms with E-state index in [4.69, 9.17) is 10.5 Å². The van der Waals surface area contributed by atoms with Gasteiger partial charge in [-0.2, -0.15) is 0 Å². The number of rotatable bonds is 6. The Morgan fingerprint density at radius 3 is 2.67 bits per heavy atom. The smallest absolute Gasteiger partial charge is 0.119 e. The van der Waals surface area contributed by atoms with Crippen LogP contribution in [-0.2, 0) is 6.42 Å². The monoisotopic (exact) mass is 291 g/mol. The Morgan fingerprint density at radius 2 is 2.05 bits per heavy atom.